The highest BCUT2D eigenvalue weighted by molar-refractivity contribution is 5.95. The predicted molar refractivity (Wildman–Crippen MR) is 84.9 cm³/mol. The summed E-state index contributed by atoms with van der Waals surface area (Å²) in [4.78, 5) is 26.6. The van der Waals surface area contributed by atoms with E-state index in [4.69, 9.17) is 5.11 Å². The minimum Gasteiger partial charge on any atom is -0.396 e. The number of aliphatic hydroxyl groups is 1. The molecule has 2 N–H and O–H groups in total. The first-order valence-corrected chi connectivity index (χ1v) is 7.56. The molecule has 0 unspecified atom stereocenters. The minimum absolute atomic E-state index is 0.0113. The summed E-state index contributed by atoms with van der Waals surface area (Å²) < 4.78 is 0. The zero-order chi connectivity index (χ0) is 15.9. The van der Waals surface area contributed by atoms with E-state index in [1.165, 1.54) is 0 Å². The molecule has 0 aliphatic heterocycles. The van der Waals surface area contributed by atoms with Crippen molar-refractivity contribution < 1.29 is 9.90 Å². The number of aliphatic hydroxyl groups excluding tert-OH is 1. The molecule has 1 amide bonds. The number of fused-ring (bicyclic) bond motifs is 1. The molecule has 0 fully saturated rings. The van der Waals surface area contributed by atoms with Gasteiger partial charge in [-0.2, -0.15) is 5.10 Å². The van der Waals surface area contributed by atoms with E-state index in [2.05, 4.69) is 10.2 Å². The number of H-pyrrole nitrogens is 1. The van der Waals surface area contributed by atoms with Gasteiger partial charge in [0.05, 0.1) is 5.52 Å². The molecule has 1 aromatic carbocycles. The van der Waals surface area contributed by atoms with Gasteiger partial charge in [0, 0.05) is 25.1 Å². The third-order valence-corrected chi connectivity index (χ3v) is 3.53. The van der Waals surface area contributed by atoms with Gasteiger partial charge in [0.15, 0.2) is 5.69 Å². The first-order valence-electron chi connectivity index (χ1n) is 7.56. The molecule has 0 saturated heterocycles. The summed E-state index contributed by atoms with van der Waals surface area (Å²) >= 11 is 0. The third-order valence-electron chi connectivity index (χ3n) is 3.53. The topological polar surface area (TPSA) is 86.3 Å². The third kappa shape index (κ3) is 3.51. The number of carbonyl (C=O) groups is 1. The van der Waals surface area contributed by atoms with Crippen molar-refractivity contribution in [2.24, 2.45) is 0 Å². The second kappa shape index (κ2) is 7.70. The Hall–Kier alpha value is -2.21. The fraction of sp³-hybridized carbons (Fsp3) is 0.438. The van der Waals surface area contributed by atoms with Crippen LogP contribution in [0.4, 0.5) is 0 Å². The van der Waals surface area contributed by atoms with Gasteiger partial charge in [-0.15, -0.1) is 0 Å². The smallest absolute Gasteiger partial charge is 0.278 e. The fourth-order valence-electron chi connectivity index (χ4n) is 2.29. The van der Waals surface area contributed by atoms with E-state index >= 15 is 0 Å². The summed E-state index contributed by atoms with van der Waals surface area (Å²) in [5, 5.41) is 16.1. The second-order valence-corrected chi connectivity index (χ2v) is 5.17. The zero-order valence-electron chi connectivity index (χ0n) is 12.7. The number of carbonyl (C=O) groups excluding carboxylic acids is 1. The van der Waals surface area contributed by atoms with E-state index in [1.54, 1.807) is 29.2 Å². The Labute approximate surface area is 128 Å². The molecule has 6 nitrogen and oxygen atoms in total. The van der Waals surface area contributed by atoms with E-state index in [0.717, 1.165) is 12.8 Å². The van der Waals surface area contributed by atoms with Gasteiger partial charge in [-0.05, 0) is 25.0 Å². The van der Waals surface area contributed by atoms with Crippen molar-refractivity contribution in [2.75, 3.05) is 19.7 Å². The Morgan fingerprint density at radius 1 is 1.27 bits per heavy atom. The van der Waals surface area contributed by atoms with Crippen LogP contribution in [-0.2, 0) is 0 Å². The molecule has 0 atom stereocenters. The number of nitrogens with zero attached hydrogens (tertiary/aromatic N) is 2. The second-order valence-electron chi connectivity index (χ2n) is 5.17. The quantitative estimate of drug-likeness (QED) is 0.812. The lowest BCUT2D eigenvalue weighted by Gasteiger charge is -2.21. The number of rotatable bonds is 7. The van der Waals surface area contributed by atoms with Crippen LogP contribution < -0.4 is 5.43 Å². The highest BCUT2D eigenvalue weighted by Crippen LogP contribution is 2.08. The maximum atomic E-state index is 12.6. The van der Waals surface area contributed by atoms with Crippen molar-refractivity contribution in [3.8, 4) is 0 Å². The molecule has 0 bridgehead atoms. The predicted octanol–water partition coefficient (Wildman–Crippen LogP) is 1.55. The standard InChI is InChI=1S/C16H21N3O3/c1-2-3-9-19(10-6-11-20)16(22)14-15(21)12-7-4-5-8-13(12)17-18-14/h4-5,7-8,20H,2-3,6,9-11H2,1H3,(H,17,21). The largest absolute Gasteiger partial charge is 0.396 e. The number of benzene rings is 1. The summed E-state index contributed by atoms with van der Waals surface area (Å²) in [5.41, 5.74) is 0.164. The molecule has 0 radical (unpaired) electrons. The minimum atomic E-state index is -0.381. The number of amides is 1. The number of unbranched alkanes of at least 4 members (excludes halogenated alkanes) is 1. The van der Waals surface area contributed by atoms with Gasteiger partial charge in [-0.3, -0.25) is 14.7 Å². The monoisotopic (exact) mass is 303 g/mol. The van der Waals surface area contributed by atoms with Gasteiger partial charge in [0.2, 0.25) is 5.43 Å². The Morgan fingerprint density at radius 2 is 2.00 bits per heavy atom. The van der Waals surface area contributed by atoms with Gasteiger partial charge >= 0.3 is 0 Å². The first kappa shape index (κ1) is 16.2. The average molecular weight is 303 g/mol. The van der Waals surface area contributed by atoms with Gasteiger partial charge in [-0.25, -0.2) is 0 Å². The SMILES string of the molecule is CCCCN(CCCO)C(=O)c1n[nH]c2ccccc2c1=O. The van der Waals surface area contributed by atoms with Crippen molar-refractivity contribution in [1.82, 2.24) is 15.1 Å². The molecule has 22 heavy (non-hydrogen) atoms. The molecule has 0 spiro atoms. The number of nitrogens with one attached hydrogen (secondary N) is 1. The summed E-state index contributed by atoms with van der Waals surface area (Å²) in [7, 11) is 0. The van der Waals surface area contributed by atoms with Gasteiger partial charge < -0.3 is 10.0 Å². The van der Waals surface area contributed by atoms with Gasteiger partial charge in [0.25, 0.3) is 5.91 Å². The van der Waals surface area contributed by atoms with Crippen LogP contribution in [0.1, 0.15) is 36.7 Å². The van der Waals surface area contributed by atoms with Crippen LogP contribution in [0.5, 0.6) is 0 Å². The van der Waals surface area contributed by atoms with Crippen molar-refractivity contribution in [1.29, 1.82) is 0 Å². The number of hydrogen-bond acceptors (Lipinski definition) is 4. The van der Waals surface area contributed by atoms with Crippen LogP contribution in [0.3, 0.4) is 0 Å². The zero-order valence-corrected chi connectivity index (χ0v) is 12.7. The van der Waals surface area contributed by atoms with Crippen LogP contribution in [0, 0.1) is 0 Å². The summed E-state index contributed by atoms with van der Waals surface area (Å²) in [5.74, 6) is -0.381. The molecule has 0 aliphatic rings. The lowest BCUT2D eigenvalue weighted by atomic mass is 10.2. The number of aromatic amines is 1. The molecule has 118 valence electrons. The van der Waals surface area contributed by atoms with Crippen molar-refractivity contribution in [3.63, 3.8) is 0 Å². The van der Waals surface area contributed by atoms with Crippen molar-refractivity contribution in [3.05, 3.63) is 40.2 Å². The molecule has 1 aromatic heterocycles. The molecule has 1 heterocycles. The van der Waals surface area contributed by atoms with E-state index in [9.17, 15) is 9.59 Å². The number of aromatic nitrogens is 2. The van der Waals surface area contributed by atoms with Crippen LogP contribution in [0.2, 0.25) is 0 Å². The maximum absolute atomic E-state index is 12.6. The Balaban J connectivity index is 2.33. The van der Waals surface area contributed by atoms with E-state index in [-0.39, 0.29) is 23.6 Å². The lowest BCUT2D eigenvalue weighted by Crippen LogP contribution is -2.37. The number of hydrogen-bond donors (Lipinski definition) is 2. The van der Waals surface area contributed by atoms with Crippen LogP contribution in [-0.4, -0.2) is 45.8 Å². The highest BCUT2D eigenvalue weighted by atomic mass is 16.3. The van der Waals surface area contributed by atoms with Gasteiger partial charge in [0.1, 0.15) is 0 Å². The Kier molecular flexibility index (Phi) is 5.66. The molecule has 0 aliphatic carbocycles. The molecule has 2 aromatic rings. The van der Waals surface area contributed by atoms with Crippen molar-refractivity contribution in [2.45, 2.75) is 26.2 Å². The first-order chi connectivity index (χ1) is 10.7. The lowest BCUT2D eigenvalue weighted by molar-refractivity contribution is 0.0734. The normalized spacial score (nSPS) is 10.8. The molecular formula is C16H21N3O3. The van der Waals surface area contributed by atoms with E-state index in [0.29, 0.717) is 30.4 Å². The van der Waals surface area contributed by atoms with Crippen LogP contribution >= 0.6 is 0 Å². The fourth-order valence-corrected chi connectivity index (χ4v) is 2.29. The van der Waals surface area contributed by atoms with E-state index < -0.39 is 0 Å². The summed E-state index contributed by atoms with van der Waals surface area (Å²) in [6.45, 7) is 3.03. The Morgan fingerprint density at radius 3 is 2.73 bits per heavy atom. The molecule has 6 heteroatoms. The van der Waals surface area contributed by atoms with Gasteiger partial charge in [-0.1, -0.05) is 25.5 Å². The Bertz CT molecular complexity index is 688. The van der Waals surface area contributed by atoms with Crippen molar-refractivity contribution >= 4 is 16.8 Å². The molecule has 2 rings (SSSR count). The summed E-state index contributed by atoms with van der Waals surface area (Å²) in [6.07, 6.45) is 2.29. The van der Waals surface area contributed by atoms with Crippen LogP contribution in [0.25, 0.3) is 10.9 Å². The van der Waals surface area contributed by atoms with Crippen LogP contribution in [0.15, 0.2) is 29.1 Å². The molecule has 0 saturated carbocycles. The molecular weight excluding hydrogens is 282 g/mol. The highest BCUT2D eigenvalue weighted by Gasteiger charge is 2.20. The van der Waals surface area contributed by atoms with E-state index in [1.807, 2.05) is 6.92 Å². The summed E-state index contributed by atoms with van der Waals surface area (Å²) in [6, 6.07) is 6.98. The number of para-hydroxylation sites is 1. The average Bonchev–Trinajstić information content (AvgIpc) is 2.55. The maximum Gasteiger partial charge on any atom is 0.278 e.